The van der Waals surface area contributed by atoms with E-state index in [2.05, 4.69) is 24.1 Å². The van der Waals surface area contributed by atoms with Crippen LogP contribution in [0.4, 0.5) is 5.13 Å². The van der Waals surface area contributed by atoms with Gasteiger partial charge in [-0.15, -0.1) is 11.3 Å². The summed E-state index contributed by atoms with van der Waals surface area (Å²) in [7, 11) is 2.02. The van der Waals surface area contributed by atoms with Crippen LogP contribution >= 0.6 is 11.3 Å². The Kier molecular flexibility index (Phi) is 4.85. The largest absolute Gasteiger partial charge is 0.348 e. The van der Waals surface area contributed by atoms with Gasteiger partial charge in [-0.05, 0) is 37.6 Å². The van der Waals surface area contributed by atoms with Crippen molar-refractivity contribution in [2.24, 2.45) is 11.8 Å². The Morgan fingerprint density at radius 2 is 2.00 bits per heavy atom. The second kappa shape index (κ2) is 6.66. The zero-order valence-electron chi connectivity index (χ0n) is 13.7. The van der Waals surface area contributed by atoms with Crippen molar-refractivity contribution < 1.29 is 0 Å². The topological polar surface area (TPSA) is 28.2 Å². The third kappa shape index (κ3) is 3.26. The van der Waals surface area contributed by atoms with Crippen LogP contribution < -0.4 is 10.2 Å². The number of thiazole rings is 1. The van der Waals surface area contributed by atoms with Gasteiger partial charge in [-0.2, -0.15) is 0 Å². The molecule has 2 unspecified atom stereocenters. The molecule has 0 aromatic carbocycles. The lowest BCUT2D eigenvalue weighted by Gasteiger charge is -2.41. The summed E-state index contributed by atoms with van der Waals surface area (Å²) in [4.78, 5) is 8.99. The van der Waals surface area contributed by atoms with Crippen LogP contribution in [0, 0.1) is 11.8 Å². The van der Waals surface area contributed by atoms with E-state index in [1.165, 1.54) is 60.9 Å². The summed E-state index contributed by atoms with van der Waals surface area (Å²) >= 11 is 1.91. The van der Waals surface area contributed by atoms with E-state index in [1.54, 1.807) is 0 Å². The number of hydrogen-bond acceptors (Lipinski definition) is 4. The zero-order chi connectivity index (χ0) is 14.8. The molecule has 2 heterocycles. The molecule has 3 rings (SSSR count). The number of fused-ring (bicyclic) bond motifs is 1. The van der Waals surface area contributed by atoms with Gasteiger partial charge in [0.2, 0.25) is 0 Å². The molecule has 2 atom stereocenters. The van der Waals surface area contributed by atoms with Crippen molar-refractivity contribution in [1.82, 2.24) is 10.3 Å². The molecule has 1 N–H and O–H groups in total. The summed E-state index contributed by atoms with van der Waals surface area (Å²) in [5.41, 5.74) is 1.30. The van der Waals surface area contributed by atoms with E-state index in [1.807, 2.05) is 18.4 Å². The summed E-state index contributed by atoms with van der Waals surface area (Å²) in [5.74, 6) is 2.44. The highest BCUT2D eigenvalue weighted by molar-refractivity contribution is 7.15. The van der Waals surface area contributed by atoms with Crippen molar-refractivity contribution >= 4 is 16.5 Å². The van der Waals surface area contributed by atoms with Crippen LogP contribution in [-0.2, 0) is 6.54 Å². The van der Waals surface area contributed by atoms with Gasteiger partial charge < -0.3 is 10.2 Å². The first-order valence-corrected chi connectivity index (χ1v) is 9.39. The third-order valence-corrected chi connectivity index (χ3v) is 6.29. The summed E-state index contributed by atoms with van der Waals surface area (Å²) in [6, 6.07) is 0. The van der Waals surface area contributed by atoms with Crippen LogP contribution in [0.15, 0.2) is 0 Å². The summed E-state index contributed by atoms with van der Waals surface area (Å²) in [6.45, 7) is 7.92. The Morgan fingerprint density at radius 1 is 1.24 bits per heavy atom. The van der Waals surface area contributed by atoms with Crippen LogP contribution in [0.3, 0.4) is 0 Å². The van der Waals surface area contributed by atoms with Crippen LogP contribution in [0.25, 0.3) is 0 Å². The van der Waals surface area contributed by atoms with E-state index in [0.717, 1.165) is 18.4 Å². The summed E-state index contributed by atoms with van der Waals surface area (Å²) < 4.78 is 0. The van der Waals surface area contributed by atoms with Crippen LogP contribution in [0.2, 0.25) is 0 Å². The van der Waals surface area contributed by atoms with E-state index in [9.17, 15) is 0 Å². The number of anilines is 1. The maximum atomic E-state index is 4.99. The molecule has 0 spiro atoms. The van der Waals surface area contributed by atoms with E-state index in [-0.39, 0.29) is 0 Å². The molecule has 2 fully saturated rings. The lowest BCUT2D eigenvalue weighted by Crippen LogP contribution is -2.41. The van der Waals surface area contributed by atoms with Gasteiger partial charge in [0.1, 0.15) is 0 Å². The highest BCUT2D eigenvalue weighted by atomic mass is 32.1. The molecule has 21 heavy (non-hydrogen) atoms. The zero-order valence-corrected chi connectivity index (χ0v) is 14.5. The number of piperidine rings is 1. The second-order valence-corrected chi connectivity index (χ2v) is 8.09. The first-order valence-electron chi connectivity index (χ1n) is 8.58. The molecule has 0 bridgehead atoms. The highest BCUT2D eigenvalue weighted by Crippen LogP contribution is 2.39. The van der Waals surface area contributed by atoms with Crippen LogP contribution in [0.5, 0.6) is 0 Å². The molecule has 0 radical (unpaired) electrons. The minimum atomic E-state index is 0.519. The Bertz CT molecular complexity index is 469. The lowest BCUT2D eigenvalue weighted by atomic mass is 9.75. The molecule has 1 saturated carbocycles. The Balaban J connectivity index is 1.75. The van der Waals surface area contributed by atoms with Crippen molar-refractivity contribution in [3.05, 3.63) is 10.6 Å². The fourth-order valence-corrected chi connectivity index (χ4v) is 5.26. The molecule has 2 aliphatic rings. The molecular formula is C17H29N3S. The summed E-state index contributed by atoms with van der Waals surface area (Å²) in [6.07, 6.45) is 7.19. The molecule has 3 nitrogen and oxygen atoms in total. The fraction of sp³-hybridized carbons (Fsp3) is 0.824. The molecule has 118 valence electrons. The number of rotatable bonds is 4. The van der Waals surface area contributed by atoms with Crippen molar-refractivity contribution in [3.63, 3.8) is 0 Å². The number of nitrogens with zero attached hydrogens (tertiary/aromatic N) is 2. The van der Waals surface area contributed by atoms with E-state index in [4.69, 9.17) is 4.98 Å². The minimum Gasteiger partial charge on any atom is -0.348 e. The van der Waals surface area contributed by atoms with Gasteiger partial charge in [-0.3, -0.25) is 0 Å². The SMILES string of the molecule is CNCc1sc(N2CCC3CCCCC3C2)nc1C(C)C. The van der Waals surface area contributed by atoms with Gasteiger partial charge in [0, 0.05) is 24.5 Å². The van der Waals surface area contributed by atoms with Gasteiger partial charge in [-0.25, -0.2) is 4.98 Å². The van der Waals surface area contributed by atoms with Crippen molar-refractivity contribution in [3.8, 4) is 0 Å². The lowest BCUT2D eigenvalue weighted by molar-refractivity contribution is 0.202. The van der Waals surface area contributed by atoms with E-state index >= 15 is 0 Å². The first-order chi connectivity index (χ1) is 10.2. The minimum absolute atomic E-state index is 0.519. The normalized spacial score (nSPS) is 26.2. The van der Waals surface area contributed by atoms with E-state index < -0.39 is 0 Å². The average molecular weight is 308 g/mol. The molecule has 1 aliphatic carbocycles. The molecular weight excluding hydrogens is 278 g/mol. The molecule has 1 saturated heterocycles. The molecule has 0 amide bonds. The monoisotopic (exact) mass is 307 g/mol. The number of nitrogens with one attached hydrogen (secondary N) is 1. The van der Waals surface area contributed by atoms with Crippen molar-refractivity contribution in [1.29, 1.82) is 0 Å². The first kappa shape index (κ1) is 15.3. The van der Waals surface area contributed by atoms with Crippen molar-refractivity contribution in [2.45, 2.75) is 58.4 Å². The Labute approximate surface area is 133 Å². The molecule has 1 aromatic rings. The van der Waals surface area contributed by atoms with E-state index in [0.29, 0.717) is 5.92 Å². The Hall–Kier alpha value is -0.610. The van der Waals surface area contributed by atoms with Gasteiger partial charge in [-0.1, -0.05) is 33.1 Å². The molecule has 1 aromatic heterocycles. The van der Waals surface area contributed by atoms with Gasteiger partial charge >= 0.3 is 0 Å². The van der Waals surface area contributed by atoms with Crippen LogP contribution in [-0.4, -0.2) is 25.1 Å². The predicted molar refractivity (Wildman–Crippen MR) is 91.2 cm³/mol. The van der Waals surface area contributed by atoms with Crippen molar-refractivity contribution in [2.75, 3.05) is 25.0 Å². The van der Waals surface area contributed by atoms with Crippen LogP contribution in [0.1, 0.15) is 62.4 Å². The van der Waals surface area contributed by atoms with Gasteiger partial charge in [0.05, 0.1) is 5.69 Å². The standard InChI is InChI=1S/C17H29N3S/c1-12(2)16-15(10-18-3)21-17(19-16)20-9-8-13-6-4-5-7-14(13)11-20/h12-14,18H,4-11H2,1-3H3. The Morgan fingerprint density at radius 3 is 2.71 bits per heavy atom. The number of aromatic nitrogens is 1. The molecule has 4 heteroatoms. The van der Waals surface area contributed by atoms with Gasteiger partial charge in [0.15, 0.2) is 5.13 Å². The highest BCUT2D eigenvalue weighted by Gasteiger charge is 2.32. The second-order valence-electron chi connectivity index (χ2n) is 7.03. The fourth-order valence-electron chi connectivity index (χ4n) is 4.00. The quantitative estimate of drug-likeness (QED) is 0.911. The third-order valence-electron chi connectivity index (χ3n) is 5.16. The maximum absolute atomic E-state index is 4.99. The maximum Gasteiger partial charge on any atom is 0.185 e. The molecule has 1 aliphatic heterocycles. The smallest absolute Gasteiger partial charge is 0.185 e. The van der Waals surface area contributed by atoms with Gasteiger partial charge in [0.25, 0.3) is 0 Å². The predicted octanol–water partition coefficient (Wildman–Crippen LogP) is 4.00. The number of hydrogen-bond donors (Lipinski definition) is 1. The average Bonchev–Trinajstić information content (AvgIpc) is 2.91. The summed E-state index contributed by atoms with van der Waals surface area (Å²) in [5, 5.41) is 4.56.